The fraction of sp³-hybridized carbons (Fsp3) is 0.684. The predicted molar refractivity (Wildman–Crippen MR) is 87.4 cm³/mol. The first kappa shape index (κ1) is 16.0. The maximum Gasteiger partial charge on any atom is 0.303 e. The van der Waals surface area contributed by atoms with Gasteiger partial charge in [-0.3, -0.25) is 9.78 Å². The first-order chi connectivity index (χ1) is 11.4. The highest BCUT2D eigenvalue weighted by Gasteiger charge is 2.48. The highest BCUT2D eigenvalue weighted by Crippen LogP contribution is 2.52. The minimum Gasteiger partial charge on any atom is -0.455 e. The Kier molecular flexibility index (Phi) is 3.69. The summed E-state index contributed by atoms with van der Waals surface area (Å²) in [5.41, 5.74) is 4.33. The van der Waals surface area contributed by atoms with Gasteiger partial charge in [0.2, 0.25) is 0 Å². The molecule has 1 fully saturated rings. The van der Waals surface area contributed by atoms with Gasteiger partial charge in [-0.05, 0) is 24.0 Å². The summed E-state index contributed by atoms with van der Waals surface area (Å²) >= 11 is 0. The molecule has 1 atom stereocenters. The zero-order chi connectivity index (χ0) is 16.9. The van der Waals surface area contributed by atoms with Crippen LogP contribution in [0.2, 0.25) is 0 Å². The molecule has 1 unspecified atom stereocenters. The van der Waals surface area contributed by atoms with E-state index >= 15 is 0 Å². The molecular formula is C19H25NO4. The van der Waals surface area contributed by atoms with Crippen LogP contribution in [0.3, 0.4) is 0 Å². The van der Waals surface area contributed by atoms with Gasteiger partial charge in [0, 0.05) is 50.2 Å². The second-order valence-electron chi connectivity index (χ2n) is 7.90. The number of ether oxygens (including phenoxy) is 3. The number of hydrogen-bond donors (Lipinski definition) is 0. The van der Waals surface area contributed by atoms with Crippen LogP contribution in [0.5, 0.6) is 0 Å². The molecule has 1 aromatic rings. The monoisotopic (exact) mass is 331 g/mol. The minimum atomic E-state index is -0.290. The molecule has 3 aliphatic rings. The van der Waals surface area contributed by atoms with Crippen molar-refractivity contribution in [1.82, 2.24) is 4.98 Å². The fourth-order valence-electron chi connectivity index (χ4n) is 4.48. The molecule has 1 aromatic heterocycles. The van der Waals surface area contributed by atoms with Gasteiger partial charge in [0.15, 0.2) is 0 Å². The third-order valence-electron chi connectivity index (χ3n) is 5.81. The summed E-state index contributed by atoms with van der Waals surface area (Å²) in [6, 6.07) is 0. The number of carbonyl (C=O) groups is 1. The van der Waals surface area contributed by atoms with Gasteiger partial charge < -0.3 is 14.2 Å². The number of hydrogen-bond acceptors (Lipinski definition) is 5. The Morgan fingerprint density at radius 3 is 2.75 bits per heavy atom. The molecule has 24 heavy (non-hydrogen) atoms. The molecule has 0 aromatic carbocycles. The van der Waals surface area contributed by atoms with Crippen molar-refractivity contribution in [2.45, 2.75) is 64.8 Å². The van der Waals surface area contributed by atoms with Crippen molar-refractivity contribution in [2.24, 2.45) is 5.41 Å². The van der Waals surface area contributed by atoms with Gasteiger partial charge in [-0.1, -0.05) is 13.8 Å². The third-order valence-corrected chi connectivity index (χ3v) is 5.81. The van der Waals surface area contributed by atoms with E-state index in [-0.39, 0.29) is 23.1 Å². The molecule has 0 N–H and O–H groups in total. The third kappa shape index (κ3) is 2.37. The lowest BCUT2D eigenvalue weighted by Gasteiger charge is -2.41. The zero-order valence-corrected chi connectivity index (χ0v) is 14.7. The smallest absolute Gasteiger partial charge is 0.303 e. The van der Waals surface area contributed by atoms with Crippen molar-refractivity contribution in [3.8, 4) is 0 Å². The second-order valence-corrected chi connectivity index (χ2v) is 7.90. The van der Waals surface area contributed by atoms with Gasteiger partial charge in [-0.25, -0.2) is 0 Å². The van der Waals surface area contributed by atoms with Gasteiger partial charge in [0.1, 0.15) is 6.10 Å². The highest BCUT2D eigenvalue weighted by molar-refractivity contribution is 5.66. The molecule has 0 amide bonds. The van der Waals surface area contributed by atoms with Crippen LogP contribution in [-0.2, 0) is 37.6 Å². The van der Waals surface area contributed by atoms with Gasteiger partial charge in [-0.2, -0.15) is 0 Å². The summed E-state index contributed by atoms with van der Waals surface area (Å²) in [4.78, 5) is 16.4. The van der Waals surface area contributed by atoms with Crippen molar-refractivity contribution in [3.05, 3.63) is 28.6 Å². The number of fused-ring (bicyclic) bond motifs is 4. The van der Waals surface area contributed by atoms with Crippen LogP contribution < -0.4 is 0 Å². The zero-order valence-electron chi connectivity index (χ0n) is 14.7. The molecule has 3 heterocycles. The van der Waals surface area contributed by atoms with E-state index in [9.17, 15) is 4.79 Å². The minimum absolute atomic E-state index is 0.109. The molecule has 0 bridgehead atoms. The predicted octanol–water partition coefficient (Wildman–Crippen LogP) is 3.19. The van der Waals surface area contributed by atoms with Crippen LogP contribution in [0.4, 0.5) is 0 Å². The largest absolute Gasteiger partial charge is 0.455 e. The molecule has 0 saturated carbocycles. The highest BCUT2D eigenvalue weighted by atomic mass is 16.5. The number of rotatable bonds is 1. The first-order valence-corrected chi connectivity index (χ1v) is 8.83. The number of carbonyl (C=O) groups excluding carboxylic acids is 1. The summed E-state index contributed by atoms with van der Waals surface area (Å²) in [6.07, 6.45) is 5.35. The molecule has 5 nitrogen and oxygen atoms in total. The number of aromatic nitrogens is 1. The number of esters is 1. The van der Waals surface area contributed by atoms with E-state index in [2.05, 4.69) is 13.8 Å². The van der Waals surface area contributed by atoms with Crippen LogP contribution in [0.15, 0.2) is 6.20 Å². The standard InChI is InChI=1S/C19H25NO4/c1-12(21)24-17-16-14(4-5-18(17,2)3)15-13(10-20-16)11-23-19(15)6-8-22-9-7-19/h10,17H,4-9,11H2,1-3H3. The van der Waals surface area contributed by atoms with Crippen LogP contribution in [-0.4, -0.2) is 24.2 Å². The topological polar surface area (TPSA) is 57.7 Å². The molecule has 1 spiro atoms. The lowest BCUT2D eigenvalue weighted by atomic mass is 9.70. The Morgan fingerprint density at radius 2 is 2.04 bits per heavy atom. The average molecular weight is 331 g/mol. The molecule has 1 saturated heterocycles. The Morgan fingerprint density at radius 1 is 1.29 bits per heavy atom. The van der Waals surface area contributed by atoms with Crippen molar-refractivity contribution >= 4 is 5.97 Å². The van der Waals surface area contributed by atoms with Crippen molar-refractivity contribution < 1.29 is 19.0 Å². The fourth-order valence-corrected chi connectivity index (χ4v) is 4.48. The van der Waals surface area contributed by atoms with E-state index in [0.29, 0.717) is 6.61 Å². The molecular weight excluding hydrogens is 306 g/mol. The molecule has 5 heteroatoms. The van der Waals surface area contributed by atoms with E-state index in [1.165, 1.54) is 23.6 Å². The van der Waals surface area contributed by atoms with E-state index in [1.807, 2.05) is 6.20 Å². The van der Waals surface area contributed by atoms with Crippen LogP contribution >= 0.6 is 0 Å². The molecule has 1 aliphatic carbocycles. The SMILES string of the molecule is CC(=O)OC1c2ncc3c(c2CCC1(C)C)C1(CCOCC1)OC3. The van der Waals surface area contributed by atoms with E-state index < -0.39 is 0 Å². The molecule has 0 radical (unpaired) electrons. The first-order valence-electron chi connectivity index (χ1n) is 8.83. The van der Waals surface area contributed by atoms with E-state index in [0.717, 1.165) is 44.6 Å². The molecule has 130 valence electrons. The molecule has 2 aliphatic heterocycles. The summed E-state index contributed by atoms with van der Waals surface area (Å²) < 4.78 is 17.5. The number of pyridine rings is 1. The van der Waals surface area contributed by atoms with Gasteiger partial charge in [0.25, 0.3) is 0 Å². The van der Waals surface area contributed by atoms with Gasteiger partial charge in [-0.15, -0.1) is 0 Å². The lowest BCUT2D eigenvalue weighted by molar-refractivity contribution is -0.154. The van der Waals surface area contributed by atoms with Crippen LogP contribution in [0, 0.1) is 5.41 Å². The Bertz CT molecular complexity index is 671. The quantitative estimate of drug-likeness (QED) is 0.740. The van der Waals surface area contributed by atoms with Crippen molar-refractivity contribution in [3.63, 3.8) is 0 Å². The lowest BCUT2D eigenvalue weighted by Crippen LogP contribution is -2.37. The van der Waals surface area contributed by atoms with Gasteiger partial charge in [0.05, 0.1) is 17.9 Å². The summed E-state index contributed by atoms with van der Waals surface area (Å²) in [7, 11) is 0. The average Bonchev–Trinajstić information content (AvgIpc) is 2.89. The second kappa shape index (κ2) is 5.53. The van der Waals surface area contributed by atoms with Crippen molar-refractivity contribution in [1.29, 1.82) is 0 Å². The number of nitrogens with zero attached hydrogens (tertiary/aromatic N) is 1. The van der Waals surface area contributed by atoms with E-state index in [4.69, 9.17) is 19.2 Å². The summed E-state index contributed by atoms with van der Waals surface area (Å²) in [5.74, 6) is -0.250. The molecule has 4 rings (SSSR count). The summed E-state index contributed by atoms with van der Waals surface area (Å²) in [6.45, 7) is 7.86. The maximum atomic E-state index is 11.6. The Hall–Kier alpha value is -1.46. The summed E-state index contributed by atoms with van der Waals surface area (Å²) in [5, 5.41) is 0. The maximum absolute atomic E-state index is 11.6. The van der Waals surface area contributed by atoms with Crippen molar-refractivity contribution in [2.75, 3.05) is 13.2 Å². The normalized spacial score (nSPS) is 26.7. The van der Waals surface area contributed by atoms with Gasteiger partial charge >= 0.3 is 5.97 Å². The van der Waals surface area contributed by atoms with Crippen LogP contribution in [0.1, 0.15) is 68.5 Å². The Balaban J connectivity index is 1.83. The van der Waals surface area contributed by atoms with E-state index in [1.54, 1.807) is 0 Å². The Labute approximate surface area is 142 Å². The van der Waals surface area contributed by atoms with Crippen LogP contribution in [0.25, 0.3) is 0 Å².